The summed E-state index contributed by atoms with van der Waals surface area (Å²) in [7, 11) is 1.33. The number of aryl methyl sites for hydroxylation is 1. The molecule has 0 aliphatic carbocycles. The van der Waals surface area contributed by atoms with E-state index in [0.717, 1.165) is 36.3 Å². The number of esters is 1. The Morgan fingerprint density at radius 2 is 1.84 bits per heavy atom. The predicted octanol–water partition coefficient (Wildman–Crippen LogP) is 7.38. The molecule has 2 N–H and O–H groups in total. The molecule has 12 nitrogen and oxygen atoms in total. The second-order valence-corrected chi connectivity index (χ2v) is 16.3. The molecule has 4 aromatic rings. The molecule has 12 heteroatoms. The highest BCUT2D eigenvalue weighted by molar-refractivity contribution is 5.94. The lowest BCUT2D eigenvalue weighted by Crippen LogP contribution is -2.60. The predicted molar refractivity (Wildman–Crippen MR) is 223 cm³/mol. The molecule has 2 aliphatic rings. The molecule has 0 saturated carbocycles. The zero-order chi connectivity index (χ0) is 40.7. The Bertz CT molecular complexity index is 2010. The molecule has 0 bridgehead atoms. The van der Waals surface area contributed by atoms with Gasteiger partial charge in [-0.3, -0.25) is 19.6 Å². The van der Waals surface area contributed by atoms with E-state index < -0.39 is 24.1 Å². The van der Waals surface area contributed by atoms with Crippen molar-refractivity contribution >= 4 is 34.6 Å². The molecule has 2 aliphatic heterocycles. The molecule has 2 aromatic heterocycles. The van der Waals surface area contributed by atoms with Gasteiger partial charge >= 0.3 is 12.1 Å². The number of nitrogens with zero attached hydrogens (tertiary/aromatic N) is 4. The van der Waals surface area contributed by atoms with E-state index >= 15 is 0 Å². The van der Waals surface area contributed by atoms with Crippen LogP contribution in [0.4, 0.5) is 10.5 Å². The second-order valence-electron chi connectivity index (χ2n) is 16.3. The number of rotatable bonds is 14. The highest BCUT2D eigenvalue weighted by Gasteiger charge is 2.36. The average molecular weight is 781 g/mol. The highest BCUT2D eigenvalue weighted by atomic mass is 16.5. The third kappa shape index (κ3) is 9.79. The molecule has 0 unspecified atom stereocenters. The minimum atomic E-state index is -0.969. The Labute approximate surface area is 337 Å². The van der Waals surface area contributed by atoms with Crippen LogP contribution in [0.25, 0.3) is 22.2 Å². The Balaban J connectivity index is 1.28. The monoisotopic (exact) mass is 780 g/mol. The quantitative estimate of drug-likeness (QED) is 0.126. The first-order valence-corrected chi connectivity index (χ1v) is 20.5. The summed E-state index contributed by atoms with van der Waals surface area (Å²) in [6.45, 7) is 16.5. The number of amides is 2. The lowest BCUT2D eigenvalue weighted by Gasteiger charge is -2.38. The van der Waals surface area contributed by atoms with E-state index in [2.05, 4.69) is 86.0 Å². The molecule has 0 spiro atoms. The number of benzene rings is 2. The van der Waals surface area contributed by atoms with Crippen LogP contribution in [-0.2, 0) is 43.4 Å². The number of methoxy groups -OCH3 is 1. The second kappa shape index (κ2) is 18.5. The molecule has 2 aromatic carbocycles. The van der Waals surface area contributed by atoms with Gasteiger partial charge in [0.2, 0.25) is 0 Å². The maximum atomic E-state index is 14.1. The average Bonchev–Trinajstić information content (AvgIpc) is 3.53. The van der Waals surface area contributed by atoms with E-state index in [1.54, 1.807) is 0 Å². The van der Waals surface area contributed by atoms with Crippen molar-refractivity contribution in [2.75, 3.05) is 38.3 Å². The molecule has 3 atom stereocenters. The van der Waals surface area contributed by atoms with E-state index in [1.807, 2.05) is 42.6 Å². The van der Waals surface area contributed by atoms with Crippen molar-refractivity contribution in [3.8, 4) is 11.3 Å². The number of nitrogens with one attached hydrogen (secondary N) is 2. The highest BCUT2D eigenvalue weighted by Crippen LogP contribution is 2.42. The summed E-state index contributed by atoms with van der Waals surface area (Å²) in [5, 5.41) is 5.49. The van der Waals surface area contributed by atoms with Gasteiger partial charge in [-0.15, -0.1) is 0 Å². The molecule has 57 heavy (non-hydrogen) atoms. The summed E-state index contributed by atoms with van der Waals surface area (Å²) in [6.07, 6.45) is 4.14. The summed E-state index contributed by atoms with van der Waals surface area (Å²) in [5.41, 5.74) is 11.1. The number of ether oxygens (including phenoxy) is 3. The number of pyridine rings is 1. The van der Waals surface area contributed by atoms with Crippen LogP contribution in [0.1, 0.15) is 90.0 Å². The maximum absolute atomic E-state index is 14.1. The number of hydrazine groups is 1. The van der Waals surface area contributed by atoms with Gasteiger partial charge in [-0.05, 0) is 79.0 Å². The van der Waals surface area contributed by atoms with Crippen molar-refractivity contribution in [2.45, 2.75) is 111 Å². The summed E-state index contributed by atoms with van der Waals surface area (Å²) in [5.74, 6) is -0.533. The van der Waals surface area contributed by atoms with Crippen molar-refractivity contribution in [2.24, 2.45) is 5.41 Å². The Hall–Kier alpha value is -4.94. The number of morpholine rings is 1. The van der Waals surface area contributed by atoms with E-state index in [1.165, 1.54) is 39.8 Å². The third-order valence-electron chi connectivity index (χ3n) is 11.5. The van der Waals surface area contributed by atoms with E-state index in [9.17, 15) is 14.4 Å². The zero-order valence-electron chi connectivity index (χ0n) is 34.7. The van der Waals surface area contributed by atoms with Crippen molar-refractivity contribution in [3.63, 3.8) is 0 Å². The molecule has 2 amide bonds. The van der Waals surface area contributed by atoms with Gasteiger partial charge in [0.25, 0.3) is 5.91 Å². The number of alkyl carbamates (subject to hydrolysis) is 1. The molecule has 4 heterocycles. The van der Waals surface area contributed by atoms with Gasteiger partial charge in [0.05, 0.1) is 31.2 Å². The van der Waals surface area contributed by atoms with Crippen LogP contribution >= 0.6 is 0 Å². The van der Waals surface area contributed by atoms with Gasteiger partial charge in [-0.2, -0.15) is 0 Å². The Morgan fingerprint density at radius 1 is 1.05 bits per heavy atom. The minimum Gasteiger partial charge on any atom is -0.468 e. The number of hydrogen-bond acceptors (Lipinski definition) is 9. The number of anilines is 1. The number of hydrogen-bond donors (Lipinski definition) is 2. The summed E-state index contributed by atoms with van der Waals surface area (Å²) in [4.78, 5) is 46.9. The van der Waals surface area contributed by atoms with Crippen LogP contribution in [0, 0.1) is 5.41 Å². The first kappa shape index (κ1) is 41.7. The molecular weight excluding hydrogens is 721 g/mol. The smallest absolute Gasteiger partial charge is 0.408 e. The number of fused-ring (bicyclic) bond motifs is 1. The van der Waals surface area contributed by atoms with Gasteiger partial charge in [0.15, 0.2) is 0 Å². The van der Waals surface area contributed by atoms with Crippen LogP contribution in [-0.4, -0.2) is 84.1 Å². The summed E-state index contributed by atoms with van der Waals surface area (Å²) < 4.78 is 19.2. The van der Waals surface area contributed by atoms with Crippen molar-refractivity contribution in [1.82, 2.24) is 25.3 Å². The van der Waals surface area contributed by atoms with Crippen LogP contribution in [0.2, 0.25) is 0 Å². The fraction of sp³-hybridized carbons (Fsp3) is 0.511. The lowest BCUT2D eigenvalue weighted by atomic mass is 9.81. The molecule has 6 rings (SSSR count). The van der Waals surface area contributed by atoms with E-state index in [-0.39, 0.29) is 36.4 Å². The molecule has 306 valence electrons. The van der Waals surface area contributed by atoms with Gasteiger partial charge in [0, 0.05) is 61.0 Å². The third-order valence-corrected chi connectivity index (χ3v) is 11.5. The van der Waals surface area contributed by atoms with Crippen LogP contribution in [0.15, 0.2) is 66.9 Å². The molecular formula is C45H60N6O6. The van der Waals surface area contributed by atoms with Crippen molar-refractivity contribution in [1.29, 1.82) is 0 Å². The van der Waals surface area contributed by atoms with Gasteiger partial charge in [0.1, 0.15) is 18.7 Å². The van der Waals surface area contributed by atoms with Gasteiger partial charge in [-0.1, -0.05) is 71.4 Å². The lowest BCUT2D eigenvalue weighted by molar-refractivity contribution is -0.150. The van der Waals surface area contributed by atoms with E-state index in [0.29, 0.717) is 39.1 Å². The Kier molecular flexibility index (Phi) is 13.6. The van der Waals surface area contributed by atoms with Crippen LogP contribution in [0.5, 0.6) is 0 Å². The summed E-state index contributed by atoms with van der Waals surface area (Å²) >= 11 is 0. The number of aromatic nitrogens is 2. The van der Waals surface area contributed by atoms with Crippen LogP contribution in [0.3, 0.4) is 0 Å². The first-order chi connectivity index (χ1) is 27.4. The fourth-order valence-electron chi connectivity index (χ4n) is 8.04. The SMILES string of the molecule is CCn1c(-c2cccnc2C(C)C)c(CC(C)(C)CC)c2cc(N3CCO[C@@H](C[C@H](NC(=O)OCc4ccccc4)C(=O)N4CCC[C@@H](C(=O)OC)N4)C3)ccc21. The molecule has 2 fully saturated rings. The zero-order valence-corrected chi connectivity index (χ0v) is 34.7. The molecule has 0 radical (unpaired) electrons. The van der Waals surface area contributed by atoms with Crippen molar-refractivity contribution in [3.05, 3.63) is 83.7 Å². The summed E-state index contributed by atoms with van der Waals surface area (Å²) in [6, 6.07) is 18.8. The standard InChI is InChI=1S/C45H60N6O6/c1-8-45(5,6)27-36-35-25-32(19-20-39(35)50(9-2)41(36)34-17-13-21-46-40(34)30(3)4)49-23-24-56-33(28-49)26-38(47-44(54)57-29-31-15-11-10-12-16-31)42(52)51-22-14-18-37(48-51)43(53)55-7/h10-13,15-17,19-21,25,30,33,37-38,48H,8-9,14,18,22-24,26-29H2,1-7H3,(H,47,54)/t33-,37-,38-/m0/s1. The molecule has 2 saturated heterocycles. The topological polar surface area (TPSA) is 127 Å². The normalized spacial score (nSPS) is 18.1. The van der Waals surface area contributed by atoms with E-state index in [4.69, 9.17) is 19.2 Å². The minimum absolute atomic E-state index is 0.0641. The largest absolute Gasteiger partial charge is 0.468 e. The number of carbonyl (C=O) groups is 3. The first-order valence-electron chi connectivity index (χ1n) is 20.5. The fourth-order valence-corrected chi connectivity index (χ4v) is 8.04. The maximum Gasteiger partial charge on any atom is 0.408 e. The van der Waals surface area contributed by atoms with Gasteiger partial charge < -0.3 is 29.0 Å². The number of carbonyl (C=O) groups excluding carboxylic acids is 3. The Morgan fingerprint density at radius 3 is 2.56 bits per heavy atom. The van der Waals surface area contributed by atoms with Crippen LogP contribution < -0.4 is 15.6 Å². The van der Waals surface area contributed by atoms with Crippen molar-refractivity contribution < 1.29 is 28.6 Å². The van der Waals surface area contributed by atoms with Gasteiger partial charge in [-0.25, -0.2) is 10.2 Å².